The lowest BCUT2D eigenvalue weighted by Crippen LogP contribution is -2.26. The van der Waals surface area contributed by atoms with Crippen LogP contribution in [0.1, 0.15) is 6.42 Å². The number of rotatable bonds is 6. The number of aliphatic hydroxyl groups is 1. The Morgan fingerprint density at radius 1 is 1.42 bits per heavy atom. The van der Waals surface area contributed by atoms with E-state index in [0.717, 1.165) is 16.5 Å². The predicted molar refractivity (Wildman–Crippen MR) is 77.1 cm³/mol. The fraction of sp³-hybridized carbons (Fsp3) is 0.357. The number of nitrogens with two attached hydrogens (primary N) is 1. The van der Waals surface area contributed by atoms with E-state index in [-0.39, 0.29) is 12.6 Å². The van der Waals surface area contributed by atoms with Gasteiger partial charge in [0.2, 0.25) is 0 Å². The van der Waals surface area contributed by atoms with E-state index in [1.807, 2.05) is 18.2 Å². The van der Waals surface area contributed by atoms with Gasteiger partial charge in [0.15, 0.2) is 0 Å². The average Bonchev–Trinajstić information content (AvgIpc) is 2.43. The largest absolute Gasteiger partial charge is 0.397 e. The number of nitrogens with zero attached hydrogens (tertiary/aromatic N) is 1. The van der Waals surface area contributed by atoms with Gasteiger partial charge in [0.25, 0.3) is 0 Å². The number of aliphatic hydroxyl groups excluding tert-OH is 1. The van der Waals surface area contributed by atoms with Gasteiger partial charge in [0.05, 0.1) is 24.0 Å². The molecule has 1 heterocycles. The lowest BCUT2D eigenvalue weighted by Gasteiger charge is -2.20. The quantitative estimate of drug-likeness (QED) is 0.689. The molecular formula is C14H19N3O2. The normalized spacial score (nSPS) is 12.5. The van der Waals surface area contributed by atoms with E-state index < -0.39 is 0 Å². The lowest BCUT2D eigenvalue weighted by atomic mass is 10.1. The van der Waals surface area contributed by atoms with Crippen LogP contribution >= 0.6 is 0 Å². The van der Waals surface area contributed by atoms with Crippen molar-refractivity contribution in [2.45, 2.75) is 12.5 Å². The standard InChI is InChI=1S/C14H19N3O2/c1-19-9-11(5-7-18)17-13-3-2-10-8-16-6-4-12(10)14(13)15/h2-4,6,8,11,17-18H,5,7,9,15H2,1H3. The molecule has 102 valence electrons. The van der Waals surface area contributed by atoms with Gasteiger partial charge in [0.1, 0.15) is 0 Å². The summed E-state index contributed by atoms with van der Waals surface area (Å²) in [5, 5.41) is 14.3. The number of hydrogen-bond acceptors (Lipinski definition) is 5. The first-order valence-electron chi connectivity index (χ1n) is 6.24. The van der Waals surface area contributed by atoms with Crippen molar-refractivity contribution >= 4 is 22.1 Å². The molecule has 5 nitrogen and oxygen atoms in total. The van der Waals surface area contributed by atoms with Gasteiger partial charge in [-0.05, 0) is 18.6 Å². The van der Waals surface area contributed by atoms with Crippen molar-refractivity contribution < 1.29 is 9.84 Å². The summed E-state index contributed by atoms with van der Waals surface area (Å²) in [4.78, 5) is 4.07. The Morgan fingerprint density at radius 2 is 2.26 bits per heavy atom. The molecule has 0 saturated heterocycles. The molecule has 0 aliphatic heterocycles. The number of pyridine rings is 1. The minimum atomic E-state index is 0.0385. The van der Waals surface area contributed by atoms with E-state index in [2.05, 4.69) is 10.3 Å². The van der Waals surface area contributed by atoms with E-state index in [4.69, 9.17) is 15.6 Å². The number of ether oxygens (including phenoxy) is 1. The second-order valence-electron chi connectivity index (χ2n) is 4.43. The number of fused-ring (bicyclic) bond motifs is 1. The molecule has 1 atom stereocenters. The number of benzene rings is 1. The smallest absolute Gasteiger partial charge is 0.0664 e. The van der Waals surface area contributed by atoms with Gasteiger partial charge in [-0.1, -0.05) is 6.07 Å². The number of nitrogen functional groups attached to an aromatic ring is 1. The first kappa shape index (κ1) is 13.6. The van der Waals surface area contributed by atoms with Gasteiger partial charge in [-0.25, -0.2) is 0 Å². The summed E-state index contributed by atoms with van der Waals surface area (Å²) in [6.45, 7) is 0.632. The van der Waals surface area contributed by atoms with Gasteiger partial charge in [-0.15, -0.1) is 0 Å². The zero-order valence-electron chi connectivity index (χ0n) is 11.0. The van der Waals surface area contributed by atoms with E-state index >= 15 is 0 Å². The van der Waals surface area contributed by atoms with E-state index in [0.29, 0.717) is 18.7 Å². The van der Waals surface area contributed by atoms with Crippen LogP contribution in [0.2, 0.25) is 0 Å². The van der Waals surface area contributed by atoms with Crippen molar-refractivity contribution in [1.29, 1.82) is 0 Å². The van der Waals surface area contributed by atoms with Crippen molar-refractivity contribution in [3.05, 3.63) is 30.6 Å². The van der Waals surface area contributed by atoms with Crippen molar-refractivity contribution in [2.75, 3.05) is 31.4 Å². The number of anilines is 2. The van der Waals surface area contributed by atoms with Crippen molar-refractivity contribution in [3.63, 3.8) is 0 Å². The zero-order valence-corrected chi connectivity index (χ0v) is 11.0. The predicted octanol–water partition coefficient (Wildman–Crippen LogP) is 1.63. The summed E-state index contributed by atoms with van der Waals surface area (Å²) in [5.74, 6) is 0. The topological polar surface area (TPSA) is 80.4 Å². The summed E-state index contributed by atoms with van der Waals surface area (Å²) in [7, 11) is 1.64. The molecule has 0 aliphatic rings. The van der Waals surface area contributed by atoms with Gasteiger partial charge in [0, 0.05) is 36.9 Å². The Bertz CT molecular complexity index is 539. The molecular weight excluding hydrogens is 242 g/mol. The number of methoxy groups -OCH3 is 1. The summed E-state index contributed by atoms with van der Waals surface area (Å²) in [6, 6.07) is 5.84. The fourth-order valence-electron chi connectivity index (χ4n) is 2.09. The fourth-order valence-corrected chi connectivity index (χ4v) is 2.09. The number of nitrogens with one attached hydrogen (secondary N) is 1. The molecule has 2 aromatic rings. The molecule has 1 aromatic heterocycles. The van der Waals surface area contributed by atoms with Crippen molar-refractivity contribution in [3.8, 4) is 0 Å². The molecule has 0 spiro atoms. The SMILES string of the molecule is COCC(CCO)Nc1ccc2cnccc2c1N. The summed E-state index contributed by atoms with van der Waals surface area (Å²) in [5.41, 5.74) is 7.72. The molecule has 0 saturated carbocycles. The molecule has 2 rings (SSSR count). The molecule has 0 radical (unpaired) electrons. The van der Waals surface area contributed by atoms with Gasteiger partial charge < -0.3 is 20.9 Å². The Kier molecular flexibility index (Phi) is 4.54. The summed E-state index contributed by atoms with van der Waals surface area (Å²) in [6.07, 6.45) is 4.13. The zero-order chi connectivity index (χ0) is 13.7. The molecule has 19 heavy (non-hydrogen) atoms. The van der Waals surface area contributed by atoms with Gasteiger partial charge in [-0.2, -0.15) is 0 Å². The van der Waals surface area contributed by atoms with Crippen LogP contribution in [0, 0.1) is 0 Å². The highest BCUT2D eigenvalue weighted by molar-refractivity contribution is 5.98. The minimum absolute atomic E-state index is 0.0385. The van der Waals surface area contributed by atoms with Crippen LogP contribution in [0.15, 0.2) is 30.6 Å². The van der Waals surface area contributed by atoms with E-state index in [1.54, 1.807) is 19.5 Å². The van der Waals surface area contributed by atoms with Crippen LogP contribution in [-0.4, -0.2) is 36.5 Å². The van der Waals surface area contributed by atoms with E-state index in [1.165, 1.54) is 0 Å². The van der Waals surface area contributed by atoms with Crippen molar-refractivity contribution in [1.82, 2.24) is 4.98 Å². The van der Waals surface area contributed by atoms with Crippen LogP contribution in [0.4, 0.5) is 11.4 Å². The maximum absolute atomic E-state index is 9.05. The number of hydrogen-bond donors (Lipinski definition) is 3. The summed E-state index contributed by atoms with van der Waals surface area (Å²) >= 11 is 0. The minimum Gasteiger partial charge on any atom is -0.397 e. The highest BCUT2D eigenvalue weighted by Gasteiger charge is 2.11. The first-order chi connectivity index (χ1) is 9.26. The third kappa shape index (κ3) is 3.13. The van der Waals surface area contributed by atoms with Gasteiger partial charge in [-0.3, -0.25) is 4.98 Å². The van der Waals surface area contributed by atoms with Crippen LogP contribution < -0.4 is 11.1 Å². The molecule has 1 unspecified atom stereocenters. The Balaban J connectivity index is 2.26. The second kappa shape index (κ2) is 6.36. The third-order valence-electron chi connectivity index (χ3n) is 3.07. The van der Waals surface area contributed by atoms with Crippen LogP contribution in [0.25, 0.3) is 10.8 Å². The molecule has 4 N–H and O–H groups in total. The highest BCUT2D eigenvalue weighted by Crippen LogP contribution is 2.28. The monoisotopic (exact) mass is 261 g/mol. The Hall–Kier alpha value is -1.85. The summed E-state index contributed by atoms with van der Waals surface area (Å²) < 4.78 is 5.13. The maximum Gasteiger partial charge on any atom is 0.0664 e. The molecule has 0 aliphatic carbocycles. The van der Waals surface area contributed by atoms with Gasteiger partial charge >= 0.3 is 0 Å². The highest BCUT2D eigenvalue weighted by atomic mass is 16.5. The molecule has 5 heteroatoms. The number of aromatic nitrogens is 1. The lowest BCUT2D eigenvalue weighted by molar-refractivity contribution is 0.170. The Labute approximate surface area is 112 Å². The molecule has 0 fully saturated rings. The molecule has 1 aromatic carbocycles. The third-order valence-corrected chi connectivity index (χ3v) is 3.07. The average molecular weight is 261 g/mol. The van der Waals surface area contributed by atoms with Crippen LogP contribution in [-0.2, 0) is 4.74 Å². The first-order valence-corrected chi connectivity index (χ1v) is 6.24. The van der Waals surface area contributed by atoms with E-state index in [9.17, 15) is 0 Å². The molecule has 0 bridgehead atoms. The van der Waals surface area contributed by atoms with Crippen LogP contribution in [0.5, 0.6) is 0 Å². The van der Waals surface area contributed by atoms with Crippen molar-refractivity contribution in [2.24, 2.45) is 0 Å². The second-order valence-corrected chi connectivity index (χ2v) is 4.43. The Morgan fingerprint density at radius 3 is 3.00 bits per heavy atom. The molecule has 0 amide bonds. The maximum atomic E-state index is 9.05. The van der Waals surface area contributed by atoms with Crippen LogP contribution in [0.3, 0.4) is 0 Å².